The van der Waals surface area contributed by atoms with Crippen molar-refractivity contribution in [1.29, 1.82) is 0 Å². The fourth-order valence-electron chi connectivity index (χ4n) is 1.92. The molecule has 0 saturated carbocycles. The SMILES string of the molecule is CCN1C[C@H](C)N[C@H](CF)[C@H]1C.[HH]. The normalized spacial score (nSPS) is 38.5. The van der Waals surface area contributed by atoms with Crippen molar-refractivity contribution in [3.8, 4) is 0 Å². The number of hydrogen-bond donors (Lipinski definition) is 1. The summed E-state index contributed by atoms with van der Waals surface area (Å²) in [5, 5.41) is 3.26. The molecule has 3 heteroatoms. The van der Waals surface area contributed by atoms with E-state index in [1.165, 1.54) is 0 Å². The maximum absolute atomic E-state index is 12.5. The second-order valence-corrected chi connectivity index (χ2v) is 3.66. The van der Waals surface area contributed by atoms with Gasteiger partial charge >= 0.3 is 0 Å². The summed E-state index contributed by atoms with van der Waals surface area (Å²) in [4.78, 5) is 2.32. The van der Waals surface area contributed by atoms with Crippen molar-refractivity contribution in [2.45, 2.75) is 38.9 Å². The van der Waals surface area contributed by atoms with Crippen molar-refractivity contribution in [1.82, 2.24) is 10.2 Å². The van der Waals surface area contributed by atoms with Crippen LogP contribution in [0.15, 0.2) is 0 Å². The van der Waals surface area contributed by atoms with E-state index >= 15 is 0 Å². The van der Waals surface area contributed by atoms with E-state index in [4.69, 9.17) is 0 Å². The Labute approximate surface area is 75.6 Å². The minimum Gasteiger partial charge on any atom is -0.306 e. The standard InChI is InChI=1S/C9H19FN2.H2/c1-4-12-6-7(2)11-9(5-10)8(12)3;/h7-9,11H,4-6H2,1-3H3;1H/t7-,8+,9+;/m0./s1. The topological polar surface area (TPSA) is 15.3 Å². The van der Waals surface area contributed by atoms with Crippen molar-refractivity contribution in [2.24, 2.45) is 0 Å². The number of nitrogens with zero attached hydrogens (tertiary/aromatic N) is 1. The minimum absolute atomic E-state index is 0. The zero-order valence-electron chi connectivity index (χ0n) is 8.18. The first-order valence-electron chi connectivity index (χ1n) is 4.75. The number of likely N-dealkylation sites (N-methyl/N-ethyl adjacent to an activating group) is 1. The van der Waals surface area contributed by atoms with Crippen LogP contribution >= 0.6 is 0 Å². The van der Waals surface area contributed by atoms with Crippen LogP contribution in [0.3, 0.4) is 0 Å². The Morgan fingerprint density at radius 2 is 2.25 bits per heavy atom. The number of rotatable bonds is 2. The summed E-state index contributed by atoms with van der Waals surface area (Å²) in [5.41, 5.74) is 0. The summed E-state index contributed by atoms with van der Waals surface area (Å²) >= 11 is 0. The van der Waals surface area contributed by atoms with Crippen LogP contribution in [-0.4, -0.2) is 42.8 Å². The Kier molecular flexibility index (Phi) is 3.47. The molecule has 0 aromatic carbocycles. The molecule has 0 aliphatic carbocycles. The van der Waals surface area contributed by atoms with Gasteiger partial charge in [0, 0.05) is 20.1 Å². The zero-order chi connectivity index (χ0) is 9.14. The first-order valence-corrected chi connectivity index (χ1v) is 4.75. The van der Waals surface area contributed by atoms with Crippen LogP contribution in [0.25, 0.3) is 0 Å². The van der Waals surface area contributed by atoms with Gasteiger partial charge in [-0.15, -0.1) is 0 Å². The molecule has 2 nitrogen and oxygen atoms in total. The summed E-state index contributed by atoms with van der Waals surface area (Å²) in [7, 11) is 0. The number of halogens is 1. The van der Waals surface area contributed by atoms with Crippen molar-refractivity contribution in [3.05, 3.63) is 0 Å². The van der Waals surface area contributed by atoms with Crippen LogP contribution in [-0.2, 0) is 0 Å². The molecule has 1 fully saturated rings. The third kappa shape index (κ3) is 1.96. The van der Waals surface area contributed by atoms with Crippen LogP contribution in [0.1, 0.15) is 22.2 Å². The number of alkyl halides is 1. The molecule has 0 spiro atoms. The second-order valence-electron chi connectivity index (χ2n) is 3.66. The summed E-state index contributed by atoms with van der Waals surface area (Å²) in [6.07, 6.45) is 0. The minimum atomic E-state index is -0.262. The molecule has 3 atom stereocenters. The number of hydrogen-bond acceptors (Lipinski definition) is 2. The van der Waals surface area contributed by atoms with Gasteiger partial charge in [0.15, 0.2) is 0 Å². The van der Waals surface area contributed by atoms with Gasteiger partial charge in [-0.2, -0.15) is 0 Å². The van der Waals surface area contributed by atoms with E-state index in [2.05, 4.69) is 31.0 Å². The Bertz CT molecular complexity index is 132. The Morgan fingerprint density at radius 1 is 1.58 bits per heavy atom. The lowest BCUT2D eigenvalue weighted by atomic mass is 10.0. The average Bonchev–Trinajstić information content (AvgIpc) is 2.08. The molecular formula is C9H21FN2. The van der Waals surface area contributed by atoms with E-state index in [9.17, 15) is 4.39 Å². The predicted molar refractivity (Wildman–Crippen MR) is 51.2 cm³/mol. The van der Waals surface area contributed by atoms with E-state index < -0.39 is 0 Å². The molecule has 0 amide bonds. The van der Waals surface area contributed by atoms with E-state index in [-0.39, 0.29) is 14.1 Å². The molecule has 1 saturated heterocycles. The van der Waals surface area contributed by atoms with E-state index in [0.29, 0.717) is 12.1 Å². The largest absolute Gasteiger partial charge is 0.306 e. The molecule has 1 heterocycles. The Balaban J connectivity index is 0.00000144. The van der Waals surface area contributed by atoms with Gasteiger partial charge in [-0.1, -0.05) is 6.92 Å². The highest BCUT2D eigenvalue weighted by Gasteiger charge is 2.29. The summed E-state index contributed by atoms with van der Waals surface area (Å²) in [5.74, 6) is 0. The molecule has 12 heavy (non-hydrogen) atoms. The van der Waals surface area contributed by atoms with Gasteiger partial charge in [0.05, 0.1) is 6.04 Å². The lowest BCUT2D eigenvalue weighted by molar-refractivity contribution is 0.0976. The molecule has 74 valence electrons. The van der Waals surface area contributed by atoms with Crippen molar-refractivity contribution in [3.63, 3.8) is 0 Å². The molecule has 0 bridgehead atoms. The van der Waals surface area contributed by atoms with Crippen LogP contribution in [0.4, 0.5) is 4.39 Å². The highest BCUT2D eigenvalue weighted by atomic mass is 19.1. The highest BCUT2D eigenvalue weighted by molar-refractivity contribution is 4.89. The van der Waals surface area contributed by atoms with Gasteiger partial charge in [0.1, 0.15) is 6.67 Å². The molecule has 1 N–H and O–H groups in total. The first-order chi connectivity index (χ1) is 5.69. The Morgan fingerprint density at radius 3 is 2.75 bits per heavy atom. The van der Waals surface area contributed by atoms with Crippen LogP contribution in [0.2, 0.25) is 0 Å². The molecule has 0 aromatic heterocycles. The number of nitrogens with one attached hydrogen (secondary N) is 1. The summed E-state index contributed by atoms with van der Waals surface area (Å²) < 4.78 is 12.5. The first kappa shape index (κ1) is 9.93. The van der Waals surface area contributed by atoms with Gasteiger partial charge in [0.25, 0.3) is 0 Å². The monoisotopic (exact) mass is 176 g/mol. The van der Waals surface area contributed by atoms with E-state index in [0.717, 1.165) is 13.1 Å². The maximum atomic E-state index is 12.5. The van der Waals surface area contributed by atoms with Gasteiger partial charge in [-0.3, -0.25) is 4.90 Å². The molecule has 0 aromatic rings. The third-order valence-corrected chi connectivity index (χ3v) is 2.74. The smallest absolute Gasteiger partial charge is 0.106 e. The quantitative estimate of drug-likeness (QED) is 0.681. The number of piperazine rings is 1. The average molecular weight is 176 g/mol. The lowest BCUT2D eigenvalue weighted by Gasteiger charge is -2.41. The molecule has 1 rings (SSSR count). The zero-order valence-corrected chi connectivity index (χ0v) is 8.18. The molecule has 0 radical (unpaired) electrons. The van der Waals surface area contributed by atoms with Crippen LogP contribution < -0.4 is 5.32 Å². The van der Waals surface area contributed by atoms with Gasteiger partial charge in [-0.05, 0) is 20.4 Å². The fourth-order valence-corrected chi connectivity index (χ4v) is 1.92. The predicted octanol–water partition coefficient (Wildman–Crippen LogP) is 1.27. The fraction of sp³-hybridized carbons (Fsp3) is 1.00. The summed E-state index contributed by atoms with van der Waals surface area (Å²) in [6.45, 7) is 8.12. The van der Waals surface area contributed by atoms with Crippen molar-refractivity contribution >= 4 is 0 Å². The second kappa shape index (κ2) is 4.19. The lowest BCUT2D eigenvalue weighted by Crippen LogP contribution is -2.61. The van der Waals surface area contributed by atoms with Crippen molar-refractivity contribution in [2.75, 3.05) is 19.8 Å². The molecular weight excluding hydrogens is 155 g/mol. The van der Waals surface area contributed by atoms with Crippen molar-refractivity contribution < 1.29 is 5.82 Å². The van der Waals surface area contributed by atoms with Gasteiger partial charge in [-0.25, -0.2) is 4.39 Å². The van der Waals surface area contributed by atoms with Crippen LogP contribution in [0, 0.1) is 0 Å². The van der Waals surface area contributed by atoms with E-state index in [1.54, 1.807) is 0 Å². The third-order valence-electron chi connectivity index (χ3n) is 2.74. The van der Waals surface area contributed by atoms with Gasteiger partial charge in [0.2, 0.25) is 0 Å². The maximum Gasteiger partial charge on any atom is 0.106 e. The van der Waals surface area contributed by atoms with Gasteiger partial charge < -0.3 is 5.32 Å². The van der Waals surface area contributed by atoms with Crippen LogP contribution in [0.5, 0.6) is 0 Å². The van der Waals surface area contributed by atoms with E-state index in [1.807, 2.05) is 0 Å². The molecule has 1 aliphatic heterocycles. The molecule has 1 aliphatic rings. The Hall–Kier alpha value is -0.150. The summed E-state index contributed by atoms with van der Waals surface area (Å²) in [6, 6.07) is 0.770. The highest BCUT2D eigenvalue weighted by Crippen LogP contribution is 2.12. The molecule has 0 unspecified atom stereocenters.